The first-order valence-electron chi connectivity index (χ1n) is 12.2. The summed E-state index contributed by atoms with van der Waals surface area (Å²) < 4.78 is 33.4. The van der Waals surface area contributed by atoms with Gasteiger partial charge < -0.3 is 14.6 Å². The molecule has 0 bridgehead atoms. The first-order chi connectivity index (χ1) is 19.4. The van der Waals surface area contributed by atoms with Gasteiger partial charge in [-0.3, -0.25) is 4.79 Å². The van der Waals surface area contributed by atoms with E-state index in [1.54, 1.807) is 30.3 Å². The van der Waals surface area contributed by atoms with E-state index in [0.717, 1.165) is 35.2 Å². The van der Waals surface area contributed by atoms with E-state index in [2.05, 4.69) is 8.75 Å². The number of cyclic esters (lactones) is 1. The largest absolute Gasteiger partial charge is 0.494 e. The van der Waals surface area contributed by atoms with Gasteiger partial charge in [-0.05, 0) is 41.5 Å². The number of hydrogen-bond donors (Lipinski definition) is 1. The average Bonchev–Trinajstić information content (AvgIpc) is 3.55. The summed E-state index contributed by atoms with van der Waals surface area (Å²) in [5.74, 6) is -3.48. The number of nitrogens with zero attached hydrogens (tertiary/aromatic N) is 2. The van der Waals surface area contributed by atoms with Gasteiger partial charge in [0, 0.05) is 23.1 Å². The Hall–Kier alpha value is -4.73. The lowest BCUT2D eigenvalue weighted by atomic mass is 9.88. The number of aldehydes is 1. The minimum atomic E-state index is -2.13. The molecule has 40 heavy (non-hydrogen) atoms. The Morgan fingerprint density at radius 3 is 2.30 bits per heavy atom. The average molecular weight is 555 g/mol. The van der Waals surface area contributed by atoms with Gasteiger partial charge in [-0.25, -0.2) is 9.18 Å². The maximum absolute atomic E-state index is 14.5. The van der Waals surface area contributed by atoms with Crippen LogP contribution < -0.4 is 4.74 Å². The van der Waals surface area contributed by atoms with E-state index in [0.29, 0.717) is 22.2 Å². The third kappa shape index (κ3) is 5.38. The van der Waals surface area contributed by atoms with Gasteiger partial charge in [0.05, 0.1) is 24.4 Å². The summed E-state index contributed by atoms with van der Waals surface area (Å²) in [5, 5.41) is 11.6. The van der Waals surface area contributed by atoms with Crippen molar-refractivity contribution in [2.24, 2.45) is 0 Å². The topological polar surface area (TPSA) is 98.6 Å². The summed E-state index contributed by atoms with van der Waals surface area (Å²) in [6.07, 6.45) is 1.05. The molecule has 1 aliphatic rings. The lowest BCUT2D eigenvalue weighted by molar-refractivity contribution is -0.185. The number of esters is 1. The first-order valence-corrected chi connectivity index (χ1v) is 13.0. The fourth-order valence-corrected chi connectivity index (χ4v) is 4.94. The summed E-state index contributed by atoms with van der Waals surface area (Å²) >= 11 is 1.07. The molecule has 1 unspecified atom stereocenters. The minimum absolute atomic E-state index is 0.0250. The molecule has 0 saturated heterocycles. The number of hydrogen-bond acceptors (Lipinski definition) is 8. The Kier molecular flexibility index (Phi) is 7.77. The van der Waals surface area contributed by atoms with Crippen LogP contribution in [0.25, 0.3) is 16.6 Å². The molecule has 0 aliphatic carbocycles. The number of halogens is 1. The van der Waals surface area contributed by atoms with Crippen LogP contribution in [0.4, 0.5) is 4.39 Å². The number of benzene rings is 4. The van der Waals surface area contributed by atoms with E-state index in [1.165, 1.54) is 19.2 Å². The summed E-state index contributed by atoms with van der Waals surface area (Å²) in [5.41, 5.74) is 4.13. The van der Waals surface area contributed by atoms with Crippen LogP contribution in [0.3, 0.4) is 0 Å². The summed E-state index contributed by atoms with van der Waals surface area (Å²) in [6, 6.07) is 27.7. The van der Waals surface area contributed by atoms with Crippen LogP contribution in [-0.2, 0) is 21.7 Å². The van der Waals surface area contributed by atoms with E-state index in [-0.39, 0.29) is 23.3 Å². The van der Waals surface area contributed by atoms with Crippen LogP contribution in [0.5, 0.6) is 5.75 Å². The molecule has 4 aromatic carbocycles. The number of aliphatic hydroxyl groups is 1. The van der Waals surface area contributed by atoms with E-state index < -0.39 is 17.6 Å². The van der Waals surface area contributed by atoms with Crippen molar-refractivity contribution in [1.29, 1.82) is 0 Å². The first kappa shape index (κ1) is 26.9. The predicted octanol–water partition coefficient (Wildman–Crippen LogP) is 5.74. The summed E-state index contributed by atoms with van der Waals surface area (Å²) in [6.45, 7) is 0. The fraction of sp³-hybridized carbons (Fsp3) is 0.0968. The molecule has 0 fully saturated rings. The molecule has 9 heteroatoms. The van der Waals surface area contributed by atoms with Gasteiger partial charge in [0.25, 0.3) is 5.79 Å². The zero-order valence-corrected chi connectivity index (χ0v) is 22.1. The molecule has 2 heterocycles. The highest BCUT2D eigenvalue weighted by atomic mass is 32.1. The maximum Gasteiger partial charge on any atom is 0.342 e. The highest BCUT2D eigenvalue weighted by Crippen LogP contribution is 2.45. The van der Waals surface area contributed by atoms with Gasteiger partial charge in [-0.2, -0.15) is 8.75 Å². The molecule has 200 valence electrons. The molecule has 0 amide bonds. The van der Waals surface area contributed by atoms with Gasteiger partial charge in [-0.1, -0.05) is 66.7 Å². The normalized spacial score (nSPS) is 16.3. The van der Waals surface area contributed by atoms with Crippen molar-refractivity contribution in [3.8, 4) is 5.75 Å². The summed E-state index contributed by atoms with van der Waals surface area (Å²) in [4.78, 5) is 23.1. The molecule has 1 aromatic heterocycles. The van der Waals surface area contributed by atoms with Crippen molar-refractivity contribution in [1.82, 2.24) is 8.75 Å². The lowest BCUT2D eigenvalue weighted by Gasteiger charge is -2.26. The van der Waals surface area contributed by atoms with E-state index in [9.17, 15) is 19.1 Å². The summed E-state index contributed by atoms with van der Waals surface area (Å²) in [7, 11) is 1.35. The molecule has 0 radical (unpaired) electrons. The molecule has 0 spiro atoms. The van der Waals surface area contributed by atoms with Gasteiger partial charge in [-0.15, -0.1) is 0 Å². The van der Waals surface area contributed by atoms with Gasteiger partial charge >= 0.3 is 5.97 Å². The molecule has 1 atom stereocenters. The number of rotatable bonds is 6. The van der Waals surface area contributed by atoms with Crippen LogP contribution >= 0.6 is 11.7 Å². The number of carbonyl (C=O) groups is 2. The smallest absolute Gasteiger partial charge is 0.342 e. The monoisotopic (exact) mass is 554 g/mol. The van der Waals surface area contributed by atoms with Crippen molar-refractivity contribution in [3.05, 3.63) is 131 Å². The van der Waals surface area contributed by atoms with Crippen molar-refractivity contribution < 1.29 is 28.6 Å². The van der Waals surface area contributed by atoms with Crippen molar-refractivity contribution in [2.45, 2.75) is 12.2 Å². The molecule has 1 aliphatic heterocycles. The molecular weight excluding hydrogens is 531 g/mol. The number of fused-ring (bicyclic) bond motifs is 1. The van der Waals surface area contributed by atoms with Crippen LogP contribution in [-0.4, -0.2) is 33.2 Å². The molecule has 6 rings (SSSR count). The zero-order chi connectivity index (χ0) is 28.1. The second-order valence-corrected chi connectivity index (χ2v) is 9.42. The van der Waals surface area contributed by atoms with Crippen molar-refractivity contribution in [3.63, 3.8) is 0 Å². The quantitative estimate of drug-likeness (QED) is 0.211. The Labute approximate surface area is 233 Å². The van der Waals surface area contributed by atoms with Crippen LogP contribution in [0.2, 0.25) is 0 Å². The van der Waals surface area contributed by atoms with Crippen LogP contribution in [0.15, 0.2) is 103 Å². The Morgan fingerprint density at radius 1 is 0.950 bits per heavy atom. The van der Waals surface area contributed by atoms with Gasteiger partial charge in [0.2, 0.25) is 0 Å². The standard InChI is InChI=1S/C24H17FN2O4S.C7H6O/c1-30-21-10-8-16(13-18(21)25)24(29)17(11-14-5-3-2-4-6-14)22(23(28)31-24)15-7-9-19-20(12-15)27-32-26-19;8-6-7-4-2-1-3-5-7/h2-10,12-13,29H,11H2,1H3;1-6H. The number of ether oxygens (including phenoxy) is 2. The Morgan fingerprint density at radius 2 is 1.65 bits per heavy atom. The number of carbonyl (C=O) groups excluding carboxylic acids is 2. The van der Waals surface area contributed by atoms with E-state index in [4.69, 9.17) is 9.47 Å². The van der Waals surface area contributed by atoms with E-state index in [1.807, 2.05) is 48.5 Å². The Bertz CT molecular complexity index is 1710. The second-order valence-electron chi connectivity index (χ2n) is 8.90. The SMILES string of the molecule is COc1ccc(C2(O)OC(=O)C(c3ccc4nsnc4c3)=C2Cc2ccccc2)cc1F.O=Cc1ccccc1. The van der Waals surface area contributed by atoms with E-state index >= 15 is 0 Å². The van der Waals surface area contributed by atoms with Gasteiger partial charge in [0.15, 0.2) is 11.6 Å². The van der Waals surface area contributed by atoms with Crippen LogP contribution in [0.1, 0.15) is 27.0 Å². The third-order valence-electron chi connectivity index (χ3n) is 6.40. The van der Waals surface area contributed by atoms with Crippen LogP contribution in [0, 0.1) is 5.82 Å². The fourth-order valence-electron chi connectivity index (χ4n) is 4.42. The van der Waals surface area contributed by atoms with Gasteiger partial charge in [0.1, 0.15) is 17.3 Å². The van der Waals surface area contributed by atoms with Crippen molar-refractivity contribution >= 4 is 40.6 Å². The molecule has 1 N–H and O–H groups in total. The predicted molar refractivity (Wildman–Crippen MR) is 149 cm³/mol. The highest BCUT2D eigenvalue weighted by molar-refractivity contribution is 7.00. The number of aromatic nitrogens is 2. The molecule has 0 saturated carbocycles. The maximum atomic E-state index is 14.5. The second kappa shape index (κ2) is 11.6. The molecule has 7 nitrogen and oxygen atoms in total. The van der Waals surface area contributed by atoms with Crippen molar-refractivity contribution in [2.75, 3.05) is 7.11 Å². The highest BCUT2D eigenvalue weighted by Gasteiger charge is 2.48. The Balaban J connectivity index is 0.000000348. The number of methoxy groups -OCH3 is 1. The third-order valence-corrected chi connectivity index (χ3v) is 6.96. The lowest BCUT2D eigenvalue weighted by Crippen LogP contribution is -2.30. The molecule has 5 aromatic rings. The minimum Gasteiger partial charge on any atom is -0.494 e. The molecular formula is C31H23FN2O5S. The zero-order valence-electron chi connectivity index (χ0n) is 21.3.